The molecule has 0 N–H and O–H groups in total. The molecule has 0 spiro atoms. The Kier molecular flexibility index (Phi) is 10.8. The molecular formula is C29H42F2N2. The van der Waals surface area contributed by atoms with Crippen LogP contribution in [0, 0.1) is 23.5 Å². The van der Waals surface area contributed by atoms with Gasteiger partial charge in [-0.1, -0.05) is 90.5 Å². The average Bonchev–Trinajstić information content (AvgIpc) is 2.84. The Morgan fingerprint density at radius 1 is 0.697 bits per heavy atom. The third-order valence-corrected chi connectivity index (χ3v) is 7.45. The van der Waals surface area contributed by atoms with Gasteiger partial charge in [-0.3, -0.25) is 0 Å². The van der Waals surface area contributed by atoms with Crippen LogP contribution in [0.3, 0.4) is 0 Å². The third-order valence-electron chi connectivity index (χ3n) is 7.45. The van der Waals surface area contributed by atoms with Crippen molar-refractivity contribution in [3.8, 4) is 11.3 Å². The molecule has 0 aliphatic heterocycles. The van der Waals surface area contributed by atoms with Crippen LogP contribution in [0.2, 0.25) is 0 Å². The van der Waals surface area contributed by atoms with Gasteiger partial charge in [0.2, 0.25) is 0 Å². The Morgan fingerprint density at radius 3 is 2.06 bits per heavy atom. The van der Waals surface area contributed by atoms with E-state index in [1.54, 1.807) is 18.2 Å². The second kappa shape index (κ2) is 13.8. The summed E-state index contributed by atoms with van der Waals surface area (Å²) in [5, 5.41) is 8.41. The van der Waals surface area contributed by atoms with Crippen LogP contribution in [0.1, 0.15) is 109 Å². The molecular weight excluding hydrogens is 414 g/mol. The molecule has 0 saturated heterocycles. The zero-order chi connectivity index (χ0) is 23.5. The molecule has 1 heterocycles. The standard InChI is InChI=1S/C29H42F2N2/c1-3-5-7-9-11-25-19-21-27(33-32-25)26-20-18-24(28(30)29(26)31)17-16-23-14-12-22(13-15-23)10-8-6-4-2/h18-23H,3-17H2,1-2H3. The SMILES string of the molecule is CCCCCCc1ccc(-c2ccc(CCC3CCC(CCCCC)CC3)c(F)c2F)nn1. The fourth-order valence-electron chi connectivity index (χ4n) is 5.20. The first kappa shape index (κ1) is 25.8. The number of aryl methyl sites for hydroxylation is 2. The van der Waals surface area contributed by atoms with Crippen molar-refractivity contribution in [2.45, 2.75) is 110 Å². The maximum atomic E-state index is 14.9. The zero-order valence-electron chi connectivity index (χ0n) is 20.7. The minimum atomic E-state index is -0.794. The Bertz CT molecular complexity index is 826. The lowest BCUT2D eigenvalue weighted by Gasteiger charge is -2.28. The third kappa shape index (κ3) is 7.86. The van der Waals surface area contributed by atoms with E-state index in [0.717, 1.165) is 30.9 Å². The molecule has 1 aliphatic carbocycles. The smallest absolute Gasteiger partial charge is 0.168 e. The van der Waals surface area contributed by atoms with Crippen molar-refractivity contribution in [1.29, 1.82) is 0 Å². The summed E-state index contributed by atoms with van der Waals surface area (Å²) in [7, 11) is 0. The molecule has 1 aromatic carbocycles. The fraction of sp³-hybridized carbons (Fsp3) is 0.655. The summed E-state index contributed by atoms with van der Waals surface area (Å²) >= 11 is 0. The van der Waals surface area contributed by atoms with E-state index < -0.39 is 11.6 Å². The van der Waals surface area contributed by atoms with Crippen LogP contribution in [0.4, 0.5) is 8.78 Å². The number of rotatable bonds is 13. The first-order chi connectivity index (χ1) is 16.1. The molecule has 0 atom stereocenters. The van der Waals surface area contributed by atoms with Gasteiger partial charge < -0.3 is 0 Å². The Labute approximate surface area is 199 Å². The number of aromatic nitrogens is 2. The largest absolute Gasteiger partial charge is 0.203 e. The van der Waals surface area contributed by atoms with Crippen molar-refractivity contribution in [1.82, 2.24) is 10.2 Å². The van der Waals surface area contributed by atoms with E-state index in [1.807, 2.05) is 6.07 Å². The monoisotopic (exact) mass is 456 g/mol. The molecule has 33 heavy (non-hydrogen) atoms. The zero-order valence-corrected chi connectivity index (χ0v) is 20.7. The summed E-state index contributed by atoms with van der Waals surface area (Å²) < 4.78 is 29.7. The fourth-order valence-corrected chi connectivity index (χ4v) is 5.20. The lowest BCUT2D eigenvalue weighted by molar-refractivity contribution is 0.248. The number of benzene rings is 1. The highest BCUT2D eigenvalue weighted by Crippen LogP contribution is 2.35. The summed E-state index contributed by atoms with van der Waals surface area (Å²) in [5.41, 5.74) is 2.00. The minimum absolute atomic E-state index is 0.203. The van der Waals surface area contributed by atoms with Crippen LogP contribution in [-0.2, 0) is 12.8 Å². The van der Waals surface area contributed by atoms with Crippen molar-refractivity contribution in [3.05, 3.63) is 47.2 Å². The van der Waals surface area contributed by atoms with E-state index >= 15 is 0 Å². The second-order valence-corrected chi connectivity index (χ2v) is 10.0. The topological polar surface area (TPSA) is 25.8 Å². The molecule has 0 amide bonds. The first-order valence-corrected chi connectivity index (χ1v) is 13.4. The summed E-state index contributed by atoms with van der Waals surface area (Å²) in [6.07, 6.45) is 17.6. The van der Waals surface area contributed by atoms with Crippen molar-refractivity contribution in [2.24, 2.45) is 11.8 Å². The van der Waals surface area contributed by atoms with Gasteiger partial charge in [0.1, 0.15) is 0 Å². The van der Waals surface area contributed by atoms with Crippen LogP contribution in [0.5, 0.6) is 0 Å². The van der Waals surface area contributed by atoms with Gasteiger partial charge in [-0.15, -0.1) is 0 Å². The quantitative estimate of drug-likeness (QED) is 0.281. The Balaban J connectivity index is 1.51. The maximum Gasteiger partial charge on any atom is 0.168 e. The van der Waals surface area contributed by atoms with Crippen LogP contribution in [0.15, 0.2) is 24.3 Å². The van der Waals surface area contributed by atoms with E-state index in [4.69, 9.17) is 0 Å². The highest BCUT2D eigenvalue weighted by molar-refractivity contribution is 5.60. The lowest BCUT2D eigenvalue weighted by atomic mass is 9.77. The summed E-state index contributed by atoms with van der Waals surface area (Å²) in [5.74, 6) is 0.0127. The van der Waals surface area contributed by atoms with E-state index in [0.29, 0.717) is 23.6 Å². The minimum Gasteiger partial charge on any atom is -0.203 e. The second-order valence-electron chi connectivity index (χ2n) is 10.0. The predicted molar refractivity (Wildman–Crippen MR) is 133 cm³/mol. The molecule has 3 rings (SSSR count). The highest BCUT2D eigenvalue weighted by Gasteiger charge is 2.22. The van der Waals surface area contributed by atoms with Crippen LogP contribution >= 0.6 is 0 Å². The Hall–Kier alpha value is -1.84. The molecule has 1 saturated carbocycles. The molecule has 2 nitrogen and oxygen atoms in total. The van der Waals surface area contributed by atoms with Gasteiger partial charge in [-0.05, 0) is 61.3 Å². The predicted octanol–water partition coefficient (Wildman–Crippen LogP) is 8.86. The highest BCUT2D eigenvalue weighted by atomic mass is 19.2. The summed E-state index contributed by atoms with van der Waals surface area (Å²) in [6, 6.07) is 7.06. The summed E-state index contributed by atoms with van der Waals surface area (Å²) in [6.45, 7) is 4.44. The molecule has 2 aromatic rings. The van der Waals surface area contributed by atoms with Crippen LogP contribution in [0.25, 0.3) is 11.3 Å². The van der Waals surface area contributed by atoms with Crippen LogP contribution in [-0.4, -0.2) is 10.2 Å². The molecule has 4 heteroatoms. The lowest BCUT2D eigenvalue weighted by Crippen LogP contribution is -2.15. The van der Waals surface area contributed by atoms with E-state index in [1.165, 1.54) is 70.6 Å². The molecule has 0 bridgehead atoms. The van der Waals surface area contributed by atoms with Gasteiger partial charge in [-0.25, -0.2) is 8.78 Å². The number of nitrogens with zero attached hydrogens (tertiary/aromatic N) is 2. The van der Waals surface area contributed by atoms with Crippen molar-refractivity contribution < 1.29 is 8.78 Å². The number of unbranched alkanes of at least 4 members (excludes halogenated alkanes) is 5. The molecule has 1 aliphatic rings. The number of halogens is 2. The summed E-state index contributed by atoms with van der Waals surface area (Å²) in [4.78, 5) is 0. The van der Waals surface area contributed by atoms with Crippen molar-refractivity contribution in [3.63, 3.8) is 0 Å². The average molecular weight is 457 g/mol. The van der Waals surface area contributed by atoms with E-state index in [9.17, 15) is 8.78 Å². The van der Waals surface area contributed by atoms with Crippen molar-refractivity contribution >= 4 is 0 Å². The van der Waals surface area contributed by atoms with Gasteiger partial charge in [-0.2, -0.15) is 10.2 Å². The molecule has 0 unspecified atom stereocenters. The van der Waals surface area contributed by atoms with Gasteiger partial charge in [0.05, 0.1) is 11.4 Å². The van der Waals surface area contributed by atoms with E-state index in [2.05, 4.69) is 24.0 Å². The Morgan fingerprint density at radius 2 is 1.39 bits per heavy atom. The first-order valence-electron chi connectivity index (χ1n) is 13.4. The van der Waals surface area contributed by atoms with Gasteiger partial charge in [0, 0.05) is 5.56 Å². The van der Waals surface area contributed by atoms with Gasteiger partial charge >= 0.3 is 0 Å². The van der Waals surface area contributed by atoms with Gasteiger partial charge in [0.15, 0.2) is 11.6 Å². The van der Waals surface area contributed by atoms with Crippen LogP contribution < -0.4 is 0 Å². The molecule has 1 fully saturated rings. The molecule has 0 radical (unpaired) electrons. The number of hydrogen-bond acceptors (Lipinski definition) is 2. The van der Waals surface area contributed by atoms with E-state index in [-0.39, 0.29) is 5.56 Å². The van der Waals surface area contributed by atoms with Gasteiger partial charge in [0.25, 0.3) is 0 Å². The maximum absolute atomic E-state index is 14.9. The normalized spacial score (nSPS) is 18.5. The molecule has 182 valence electrons. The van der Waals surface area contributed by atoms with Crippen molar-refractivity contribution in [2.75, 3.05) is 0 Å². The molecule has 1 aromatic heterocycles. The number of hydrogen-bond donors (Lipinski definition) is 0.